The molecule has 2 saturated carbocycles. The zero-order chi connectivity index (χ0) is 16.6. The molecule has 2 N–H and O–H groups in total. The average molecular weight is 348 g/mol. The Kier molecular flexibility index (Phi) is 4.20. The van der Waals surface area contributed by atoms with Crippen LogP contribution >= 0.6 is 11.3 Å². The van der Waals surface area contributed by atoms with Crippen LogP contribution in [0.1, 0.15) is 44.9 Å². The highest BCUT2D eigenvalue weighted by Gasteiger charge is 2.45. The van der Waals surface area contributed by atoms with Gasteiger partial charge in [0.2, 0.25) is 11.8 Å². The summed E-state index contributed by atoms with van der Waals surface area (Å²) in [6, 6.07) is 0.335. The lowest BCUT2D eigenvalue weighted by Crippen LogP contribution is -2.60. The third kappa shape index (κ3) is 3.14. The molecule has 0 spiro atoms. The van der Waals surface area contributed by atoms with Crippen LogP contribution in [0.4, 0.5) is 5.13 Å². The average Bonchev–Trinajstić information content (AvgIpc) is 3.20. The Balaban J connectivity index is 1.45. The smallest absolute Gasteiger partial charge is 0.246 e. The quantitative estimate of drug-likeness (QED) is 0.853. The lowest BCUT2D eigenvalue weighted by molar-refractivity contribution is -0.141. The van der Waals surface area contributed by atoms with Crippen LogP contribution in [-0.4, -0.2) is 46.4 Å². The van der Waals surface area contributed by atoms with Crippen LogP contribution in [0.25, 0.3) is 0 Å². The van der Waals surface area contributed by atoms with Crippen molar-refractivity contribution in [3.8, 4) is 0 Å². The first kappa shape index (κ1) is 15.9. The Bertz CT molecular complexity index is 602. The number of likely N-dealkylation sites (tertiary alicyclic amines) is 1. The first-order chi connectivity index (χ1) is 11.7. The number of carbonyl (C=O) groups is 2. The summed E-state index contributed by atoms with van der Waals surface area (Å²) in [4.78, 5) is 31.6. The maximum absolute atomic E-state index is 12.9. The largest absolute Gasteiger partial charge is 0.351 e. The molecule has 0 aromatic carbocycles. The van der Waals surface area contributed by atoms with Gasteiger partial charge in [0.25, 0.3) is 0 Å². The van der Waals surface area contributed by atoms with Crippen molar-refractivity contribution < 1.29 is 9.59 Å². The van der Waals surface area contributed by atoms with Gasteiger partial charge in [-0.1, -0.05) is 6.42 Å². The zero-order valence-electron chi connectivity index (χ0n) is 13.8. The minimum Gasteiger partial charge on any atom is -0.351 e. The van der Waals surface area contributed by atoms with Crippen molar-refractivity contribution in [1.82, 2.24) is 15.2 Å². The number of carbonyl (C=O) groups excluding carboxylic acids is 2. The fourth-order valence-corrected chi connectivity index (χ4v) is 4.10. The molecule has 2 aliphatic carbocycles. The number of piperidine rings is 1. The number of nitrogens with one attached hydrogen (secondary N) is 2. The maximum atomic E-state index is 12.9. The minimum absolute atomic E-state index is 0.0657. The highest BCUT2D eigenvalue weighted by atomic mass is 32.1. The third-order valence-electron chi connectivity index (χ3n) is 5.51. The van der Waals surface area contributed by atoms with E-state index in [2.05, 4.69) is 15.6 Å². The number of aromatic nitrogens is 1. The van der Waals surface area contributed by atoms with Gasteiger partial charge < -0.3 is 15.5 Å². The van der Waals surface area contributed by atoms with Crippen molar-refractivity contribution >= 4 is 28.3 Å². The molecular formula is C17H24N4O2S. The van der Waals surface area contributed by atoms with Crippen molar-refractivity contribution in [3.63, 3.8) is 0 Å². The highest BCUT2D eigenvalue weighted by molar-refractivity contribution is 7.13. The Morgan fingerprint density at radius 2 is 1.96 bits per heavy atom. The second-order valence-corrected chi connectivity index (χ2v) is 8.14. The molecule has 4 rings (SSSR count). The van der Waals surface area contributed by atoms with Gasteiger partial charge in [-0.05, 0) is 38.5 Å². The molecule has 3 aliphatic rings. The van der Waals surface area contributed by atoms with E-state index in [4.69, 9.17) is 0 Å². The molecule has 1 aliphatic heterocycles. The fourth-order valence-electron chi connectivity index (χ4n) is 3.47. The molecule has 1 aromatic rings. The van der Waals surface area contributed by atoms with Crippen molar-refractivity contribution in [2.45, 2.75) is 56.5 Å². The molecule has 0 unspecified atom stereocenters. The molecular weight excluding hydrogens is 324 g/mol. The molecule has 1 saturated heterocycles. The Morgan fingerprint density at radius 3 is 2.50 bits per heavy atom. The molecule has 6 nitrogen and oxygen atoms in total. The lowest BCUT2D eigenvalue weighted by Gasteiger charge is -2.42. The third-order valence-corrected chi connectivity index (χ3v) is 6.20. The molecule has 2 heterocycles. The van der Waals surface area contributed by atoms with Crippen LogP contribution in [0.2, 0.25) is 0 Å². The van der Waals surface area contributed by atoms with Crippen LogP contribution in [0.15, 0.2) is 11.6 Å². The van der Waals surface area contributed by atoms with Crippen molar-refractivity contribution in [2.75, 3.05) is 18.4 Å². The number of anilines is 1. The Hall–Kier alpha value is -1.63. The zero-order valence-corrected chi connectivity index (χ0v) is 14.6. The molecule has 7 heteroatoms. The summed E-state index contributed by atoms with van der Waals surface area (Å²) < 4.78 is 0. The van der Waals surface area contributed by atoms with Gasteiger partial charge in [-0.15, -0.1) is 11.3 Å². The van der Waals surface area contributed by atoms with E-state index < -0.39 is 5.54 Å². The Labute approximate surface area is 146 Å². The van der Waals surface area contributed by atoms with Gasteiger partial charge in [-0.2, -0.15) is 0 Å². The summed E-state index contributed by atoms with van der Waals surface area (Å²) in [5, 5.41) is 9.20. The van der Waals surface area contributed by atoms with Gasteiger partial charge in [0.1, 0.15) is 5.54 Å². The molecule has 0 radical (unpaired) electrons. The summed E-state index contributed by atoms with van der Waals surface area (Å²) in [6.07, 6.45) is 8.41. The van der Waals surface area contributed by atoms with E-state index in [1.165, 1.54) is 17.8 Å². The van der Waals surface area contributed by atoms with E-state index in [1.54, 1.807) is 6.20 Å². The van der Waals surface area contributed by atoms with Crippen LogP contribution in [0.5, 0.6) is 0 Å². The normalized spacial score (nSPS) is 23.4. The predicted molar refractivity (Wildman–Crippen MR) is 92.8 cm³/mol. The topological polar surface area (TPSA) is 74.3 Å². The number of hydrogen-bond acceptors (Lipinski definition) is 5. The monoisotopic (exact) mass is 348 g/mol. The van der Waals surface area contributed by atoms with Gasteiger partial charge in [-0.3, -0.25) is 9.59 Å². The number of rotatable bonds is 5. The van der Waals surface area contributed by atoms with E-state index in [-0.39, 0.29) is 17.7 Å². The van der Waals surface area contributed by atoms with Crippen molar-refractivity contribution in [3.05, 3.63) is 11.6 Å². The summed E-state index contributed by atoms with van der Waals surface area (Å²) in [5.74, 6) is 0.576. The molecule has 2 amide bonds. The molecule has 130 valence electrons. The van der Waals surface area contributed by atoms with Gasteiger partial charge >= 0.3 is 0 Å². The van der Waals surface area contributed by atoms with Crippen molar-refractivity contribution in [2.24, 2.45) is 5.92 Å². The number of nitrogens with zero attached hydrogens (tertiary/aromatic N) is 2. The summed E-state index contributed by atoms with van der Waals surface area (Å²) >= 11 is 1.51. The predicted octanol–water partition coefficient (Wildman–Crippen LogP) is 1.99. The molecule has 3 fully saturated rings. The second kappa shape index (κ2) is 6.35. The fraction of sp³-hybridized carbons (Fsp3) is 0.706. The van der Waals surface area contributed by atoms with E-state index in [0.29, 0.717) is 32.0 Å². The maximum Gasteiger partial charge on any atom is 0.246 e. The van der Waals surface area contributed by atoms with Crippen molar-refractivity contribution in [1.29, 1.82) is 0 Å². The summed E-state index contributed by atoms with van der Waals surface area (Å²) in [5.41, 5.74) is -0.642. The van der Waals surface area contributed by atoms with Gasteiger partial charge in [0, 0.05) is 36.6 Å². The Morgan fingerprint density at radius 1 is 1.21 bits per heavy atom. The SMILES string of the molecule is O=C(C1CCC1)N1CCC(Nc2nccs2)(C(=O)NC2CC2)CC1. The van der Waals surface area contributed by atoms with E-state index in [0.717, 1.165) is 30.8 Å². The minimum atomic E-state index is -0.642. The number of thiazole rings is 1. The van der Waals surface area contributed by atoms with Crippen LogP contribution in [-0.2, 0) is 9.59 Å². The van der Waals surface area contributed by atoms with E-state index in [1.807, 2.05) is 10.3 Å². The molecule has 24 heavy (non-hydrogen) atoms. The molecule has 0 bridgehead atoms. The molecule has 1 aromatic heterocycles. The highest BCUT2D eigenvalue weighted by Crippen LogP contribution is 2.33. The first-order valence-corrected chi connectivity index (χ1v) is 9.82. The number of hydrogen-bond donors (Lipinski definition) is 2. The number of amides is 2. The van der Waals surface area contributed by atoms with E-state index >= 15 is 0 Å². The second-order valence-electron chi connectivity index (χ2n) is 7.25. The van der Waals surface area contributed by atoms with Crippen LogP contribution in [0.3, 0.4) is 0 Å². The van der Waals surface area contributed by atoms with Crippen LogP contribution < -0.4 is 10.6 Å². The standard InChI is InChI=1S/C17H24N4O2S/c22-14(12-2-1-3-12)21-9-6-17(7-10-21,15(23)19-13-4-5-13)20-16-18-8-11-24-16/h8,11-13H,1-7,9-10H2,(H,18,20)(H,19,23). The molecule has 0 atom stereocenters. The van der Waals surface area contributed by atoms with Crippen LogP contribution in [0, 0.1) is 5.92 Å². The summed E-state index contributed by atoms with van der Waals surface area (Å²) in [6.45, 7) is 1.29. The van der Waals surface area contributed by atoms with E-state index in [9.17, 15) is 9.59 Å². The van der Waals surface area contributed by atoms with Gasteiger partial charge in [-0.25, -0.2) is 4.98 Å². The van der Waals surface area contributed by atoms with Gasteiger partial charge in [0.15, 0.2) is 5.13 Å². The first-order valence-electron chi connectivity index (χ1n) is 8.94. The lowest BCUT2D eigenvalue weighted by atomic mass is 9.82. The summed E-state index contributed by atoms with van der Waals surface area (Å²) in [7, 11) is 0. The van der Waals surface area contributed by atoms with Gasteiger partial charge in [0.05, 0.1) is 0 Å².